The van der Waals surface area contributed by atoms with Crippen molar-refractivity contribution in [3.8, 4) is 0 Å². The Balaban J connectivity index is 1.67. The molecule has 0 aromatic heterocycles. The molecule has 118 valence electrons. The molecule has 3 amide bonds. The molecule has 3 rings (SSSR count). The lowest BCUT2D eigenvalue weighted by Gasteiger charge is -2.25. The first kappa shape index (κ1) is 14.8. The molecule has 2 aliphatic rings. The second-order valence-corrected chi connectivity index (χ2v) is 6.05. The fourth-order valence-electron chi connectivity index (χ4n) is 3.18. The summed E-state index contributed by atoms with van der Waals surface area (Å²) in [4.78, 5) is 25.7. The van der Waals surface area contributed by atoms with Crippen LogP contribution in [0.1, 0.15) is 25.7 Å². The zero-order valence-corrected chi connectivity index (χ0v) is 12.5. The Morgan fingerprint density at radius 1 is 1.36 bits per heavy atom. The number of benzene rings is 1. The van der Waals surface area contributed by atoms with E-state index in [0.717, 1.165) is 37.1 Å². The molecule has 1 aromatic rings. The summed E-state index contributed by atoms with van der Waals surface area (Å²) in [5.41, 5.74) is 7.47. The van der Waals surface area contributed by atoms with E-state index in [1.165, 1.54) is 0 Å². The van der Waals surface area contributed by atoms with Gasteiger partial charge < -0.3 is 16.4 Å². The summed E-state index contributed by atoms with van der Waals surface area (Å²) in [5, 5.41) is 5.73. The lowest BCUT2D eigenvalue weighted by molar-refractivity contribution is -0.120. The maximum atomic E-state index is 12.4. The third-order valence-electron chi connectivity index (χ3n) is 4.37. The van der Waals surface area contributed by atoms with Crippen molar-refractivity contribution in [3.63, 3.8) is 0 Å². The summed E-state index contributed by atoms with van der Waals surface area (Å²) >= 11 is 0. The number of carbonyl (C=O) groups excluding carboxylic acids is 2. The van der Waals surface area contributed by atoms with E-state index in [0.29, 0.717) is 13.1 Å². The smallest absolute Gasteiger partial charge is 0.321 e. The highest BCUT2D eigenvalue weighted by atomic mass is 16.2. The molecule has 0 spiro atoms. The van der Waals surface area contributed by atoms with E-state index in [9.17, 15) is 9.59 Å². The third-order valence-corrected chi connectivity index (χ3v) is 4.37. The molecule has 2 atom stereocenters. The number of anilines is 2. The van der Waals surface area contributed by atoms with Gasteiger partial charge in [-0.2, -0.15) is 0 Å². The van der Waals surface area contributed by atoms with Crippen molar-refractivity contribution >= 4 is 23.3 Å². The topological polar surface area (TPSA) is 87.5 Å². The molecule has 4 N–H and O–H groups in total. The van der Waals surface area contributed by atoms with Crippen LogP contribution in [0.2, 0.25) is 0 Å². The van der Waals surface area contributed by atoms with Crippen molar-refractivity contribution < 1.29 is 9.59 Å². The first-order chi connectivity index (χ1) is 10.6. The molecule has 1 saturated carbocycles. The van der Waals surface area contributed by atoms with Gasteiger partial charge in [0.25, 0.3) is 0 Å². The second kappa shape index (κ2) is 6.36. The van der Waals surface area contributed by atoms with Crippen LogP contribution in [0.4, 0.5) is 16.2 Å². The minimum atomic E-state index is -0.0956. The number of urea groups is 1. The quantitative estimate of drug-likeness (QED) is 0.793. The van der Waals surface area contributed by atoms with E-state index in [-0.39, 0.29) is 23.9 Å². The molecule has 1 aromatic carbocycles. The van der Waals surface area contributed by atoms with Crippen LogP contribution in [0.5, 0.6) is 0 Å². The largest absolute Gasteiger partial charge is 0.336 e. The first-order valence-electron chi connectivity index (χ1n) is 7.85. The predicted molar refractivity (Wildman–Crippen MR) is 85.7 cm³/mol. The Kier molecular flexibility index (Phi) is 4.29. The van der Waals surface area contributed by atoms with Crippen LogP contribution in [-0.2, 0) is 4.79 Å². The molecular formula is C16H22N4O2. The first-order valence-corrected chi connectivity index (χ1v) is 7.85. The van der Waals surface area contributed by atoms with Crippen LogP contribution in [0, 0.1) is 5.92 Å². The van der Waals surface area contributed by atoms with Gasteiger partial charge in [-0.25, -0.2) is 4.79 Å². The monoisotopic (exact) mass is 302 g/mol. The van der Waals surface area contributed by atoms with Gasteiger partial charge in [0.2, 0.25) is 5.91 Å². The molecule has 6 heteroatoms. The van der Waals surface area contributed by atoms with E-state index in [1.54, 1.807) is 4.90 Å². The van der Waals surface area contributed by atoms with Gasteiger partial charge in [-0.1, -0.05) is 12.5 Å². The molecule has 2 unspecified atom stereocenters. The fraction of sp³-hybridized carbons (Fsp3) is 0.500. The van der Waals surface area contributed by atoms with Crippen molar-refractivity contribution in [2.24, 2.45) is 11.7 Å². The number of hydrogen-bond acceptors (Lipinski definition) is 3. The summed E-state index contributed by atoms with van der Waals surface area (Å²) in [5.74, 6) is 0.0145. The SMILES string of the molecule is NC1CCCC(C(=O)Nc2cccc(N3CCNC3=O)c2)C1. The standard InChI is InChI=1S/C16H22N4O2/c17-12-4-1-3-11(9-12)15(21)19-13-5-2-6-14(10-13)20-8-7-18-16(20)22/h2,5-6,10-12H,1,3-4,7-9,17H2,(H,18,22)(H,19,21). The molecular weight excluding hydrogens is 280 g/mol. The lowest BCUT2D eigenvalue weighted by atomic mass is 9.85. The van der Waals surface area contributed by atoms with Gasteiger partial charge in [0.1, 0.15) is 0 Å². The minimum Gasteiger partial charge on any atom is -0.336 e. The van der Waals surface area contributed by atoms with Gasteiger partial charge in [0, 0.05) is 36.4 Å². The summed E-state index contributed by atoms with van der Waals surface area (Å²) in [6.07, 6.45) is 3.66. The number of nitrogens with one attached hydrogen (secondary N) is 2. The summed E-state index contributed by atoms with van der Waals surface area (Å²) in [6, 6.07) is 7.44. The number of hydrogen-bond donors (Lipinski definition) is 3. The molecule has 6 nitrogen and oxygen atoms in total. The Hall–Kier alpha value is -2.08. The molecule has 2 fully saturated rings. The fourth-order valence-corrected chi connectivity index (χ4v) is 3.18. The highest BCUT2D eigenvalue weighted by Crippen LogP contribution is 2.26. The predicted octanol–water partition coefficient (Wildman–Crippen LogP) is 1.67. The maximum Gasteiger partial charge on any atom is 0.321 e. The van der Waals surface area contributed by atoms with E-state index in [2.05, 4.69) is 10.6 Å². The van der Waals surface area contributed by atoms with Gasteiger partial charge in [0.05, 0.1) is 0 Å². The summed E-state index contributed by atoms with van der Waals surface area (Å²) in [7, 11) is 0. The lowest BCUT2D eigenvalue weighted by Crippen LogP contribution is -2.34. The van der Waals surface area contributed by atoms with Crippen LogP contribution in [0.15, 0.2) is 24.3 Å². The molecule has 1 aliphatic carbocycles. The summed E-state index contributed by atoms with van der Waals surface area (Å²) < 4.78 is 0. The summed E-state index contributed by atoms with van der Waals surface area (Å²) in [6.45, 7) is 1.29. The van der Waals surface area contributed by atoms with Gasteiger partial charge in [-0.3, -0.25) is 9.69 Å². The van der Waals surface area contributed by atoms with Gasteiger partial charge in [-0.05, 0) is 37.5 Å². The molecule has 0 bridgehead atoms. The number of nitrogens with two attached hydrogens (primary N) is 1. The van der Waals surface area contributed by atoms with Crippen molar-refractivity contribution in [1.82, 2.24) is 5.32 Å². The van der Waals surface area contributed by atoms with Crippen LogP contribution in [-0.4, -0.2) is 31.1 Å². The zero-order chi connectivity index (χ0) is 15.5. The van der Waals surface area contributed by atoms with E-state index in [4.69, 9.17) is 5.73 Å². The average molecular weight is 302 g/mol. The molecule has 0 radical (unpaired) electrons. The Morgan fingerprint density at radius 3 is 2.95 bits per heavy atom. The van der Waals surface area contributed by atoms with Gasteiger partial charge in [-0.15, -0.1) is 0 Å². The Morgan fingerprint density at radius 2 is 2.23 bits per heavy atom. The number of amides is 3. The molecule has 1 saturated heterocycles. The Bertz CT molecular complexity index is 575. The molecule has 22 heavy (non-hydrogen) atoms. The molecule has 1 heterocycles. The number of carbonyl (C=O) groups is 2. The van der Waals surface area contributed by atoms with Gasteiger partial charge >= 0.3 is 6.03 Å². The Labute approximate surface area is 130 Å². The van der Waals surface area contributed by atoms with Crippen LogP contribution in [0.3, 0.4) is 0 Å². The van der Waals surface area contributed by atoms with Crippen molar-refractivity contribution in [2.75, 3.05) is 23.3 Å². The normalized spacial score (nSPS) is 25.0. The molecule has 1 aliphatic heterocycles. The van der Waals surface area contributed by atoms with Crippen LogP contribution in [0.25, 0.3) is 0 Å². The van der Waals surface area contributed by atoms with Crippen molar-refractivity contribution in [2.45, 2.75) is 31.7 Å². The number of rotatable bonds is 3. The number of nitrogens with zero attached hydrogens (tertiary/aromatic N) is 1. The van der Waals surface area contributed by atoms with E-state index < -0.39 is 0 Å². The second-order valence-electron chi connectivity index (χ2n) is 6.05. The van der Waals surface area contributed by atoms with Crippen molar-refractivity contribution in [1.29, 1.82) is 0 Å². The van der Waals surface area contributed by atoms with Crippen LogP contribution >= 0.6 is 0 Å². The average Bonchev–Trinajstić information content (AvgIpc) is 2.94. The maximum absolute atomic E-state index is 12.4. The van der Waals surface area contributed by atoms with E-state index in [1.807, 2.05) is 24.3 Å². The highest BCUT2D eigenvalue weighted by Gasteiger charge is 2.26. The zero-order valence-electron chi connectivity index (χ0n) is 12.5. The minimum absolute atomic E-state index is 0.0116. The highest BCUT2D eigenvalue weighted by molar-refractivity contribution is 5.96. The van der Waals surface area contributed by atoms with E-state index >= 15 is 0 Å². The van der Waals surface area contributed by atoms with Crippen LogP contribution < -0.4 is 21.3 Å². The van der Waals surface area contributed by atoms with Gasteiger partial charge in [0.15, 0.2) is 0 Å². The van der Waals surface area contributed by atoms with Crippen molar-refractivity contribution in [3.05, 3.63) is 24.3 Å². The third kappa shape index (κ3) is 3.22.